The Hall–Kier alpha value is -1.72. The van der Waals surface area contributed by atoms with Gasteiger partial charge in [0.05, 0.1) is 12.3 Å². The lowest BCUT2D eigenvalue weighted by molar-refractivity contribution is 0.0406. The number of aliphatic hydroxyl groups excluding tert-OH is 1. The van der Waals surface area contributed by atoms with Gasteiger partial charge in [0.25, 0.3) is 0 Å². The van der Waals surface area contributed by atoms with Crippen LogP contribution in [-0.2, 0) is 6.42 Å². The van der Waals surface area contributed by atoms with Crippen molar-refractivity contribution < 1.29 is 14.6 Å². The summed E-state index contributed by atoms with van der Waals surface area (Å²) in [6.07, 6.45) is 11.8. The van der Waals surface area contributed by atoms with E-state index in [0.717, 1.165) is 88.4 Å². The summed E-state index contributed by atoms with van der Waals surface area (Å²) in [6, 6.07) is 12.4. The largest absolute Gasteiger partial charge is 0.491 e. The molecule has 0 bridgehead atoms. The molecule has 296 valence electrons. The van der Waals surface area contributed by atoms with Crippen LogP contribution in [-0.4, -0.2) is 99.6 Å². The van der Waals surface area contributed by atoms with E-state index in [0.29, 0.717) is 47.0 Å². The van der Waals surface area contributed by atoms with Crippen LogP contribution >= 0.6 is 35.3 Å². The third-order valence-corrected chi connectivity index (χ3v) is 13.9. The molecule has 53 heavy (non-hydrogen) atoms. The van der Waals surface area contributed by atoms with Crippen LogP contribution in [0.3, 0.4) is 0 Å². The van der Waals surface area contributed by atoms with Crippen LogP contribution in [0.4, 0.5) is 5.69 Å². The van der Waals surface area contributed by atoms with E-state index in [4.69, 9.17) is 21.4 Å². The number of nitrogens with one attached hydrogen (secondary N) is 2. The Morgan fingerprint density at radius 3 is 2.74 bits per heavy atom. The van der Waals surface area contributed by atoms with E-state index < -0.39 is 0 Å². The predicted molar refractivity (Wildman–Crippen MR) is 230 cm³/mol. The fourth-order valence-electron chi connectivity index (χ4n) is 8.36. The van der Waals surface area contributed by atoms with Crippen LogP contribution in [0, 0.1) is 29.6 Å². The molecule has 0 amide bonds. The van der Waals surface area contributed by atoms with Gasteiger partial charge in [-0.05, 0) is 116 Å². The summed E-state index contributed by atoms with van der Waals surface area (Å²) in [5.41, 5.74) is 4.42. The molecular weight excluding hydrogens is 720 g/mol. The van der Waals surface area contributed by atoms with Gasteiger partial charge < -0.3 is 25.0 Å². The second-order valence-electron chi connectivity index (χ2n) is 15.2. The second-order valence-corrected chi connectivity index (χ2v) is 18.3. The zero-order valence-electron chi connectivity index (χ0n) is 33.2. The molecule has 2 aromatic carbocycles. The predicted octanol–water partition coefficient (Wildman–Crippen LogP) is 8.45. The van der Waals surface area contributed by atoms with Gasteiger partial charge in [-0.25, -0.2) is 0 Å². The van der Waals surface area contributed by atoms with Crippen LogP contribution in [0.25, 0.3) is 0 Å². The van der Waals surface area contributed by atoms with Gasteiger partial charge in [-0.1, -0.05) is 75.9 Å². The highest BCUT2D eigenvalue weighted by Crippen LogP contribution is 2.48. The Morgan fingerprint density at radius 2 is 1.98 bits per heavy atom. The summed E-state index contributed by atoms with van der Waals surface area (Å²) >= 11 is 10.4. The van der Waals surface area contributed by atoms with Crippen molar-refractivity contribution in [2.45, 2.75) is 71.0 Å². The van der Waals surface area contributed by atoms with Crippen molar-refractivity contribution in [1.82, 2.24) is 14.9 Å². The number of ether oxygens (including phenoxy) is 1. The molecule has 0 spiro atoms. The van der Waals surface area contributed by atoms with E-state index >= 15 is 0 Å². The number of aryl methyl sites for hydroxylation is 1. The van der Waals surface area contributed by atoms with Crippen molar-refractivity contribution >= 4 is 47.3 Å². The SMILES string of the molecule is CCCc1cc(Cl)ccc1C1COc2ccc(C=O)cc2N(CC2C(C)CC2C(/C=C/CC(C)C(C)SNC)CN2CCCSCCNCC2)C1.CO. The van der Waals surface area contributed by atoms with E-state index in [-0.39, 0.29) is 5.92 Å². The number of rotatable bonds is 15. The molecule has 2 aliphatic heterocycles. The van der Waals surface area contributed by atoms with E-state index in [9.17, 15) is 4.79 Å². The first-order chi connectivity index (χ1) is 25.8. The third-order valence-electron chi connectivity index (χ3n) is 11.6. The number of aliphatic hydroxyl groups is 1. The molecule has 1 saturated carbocycles. The number of carbonyl (C=O) groups excluding carboxylic acids is 1. The average molecular weight is 788 g/mol. The van der Waals surface area contributed by atoms with Crippen molar-refractivity contribution in [2.75, 3.05) is 83.0 Å². The molecule has 7 nitrogen and oxygen atoms in total. The first-order valence-corrected chi connectivity index (χ1v) is 22.4. The lowest BCUT2D eigenvalue weighted by Crippen LogP contribution is -2.49. The quantitative estimate of drug-likeness (QED) is 0.0937. The van der Waals surface area contributed by atoms with Gasteiger partial charge in [0.1, 0.15) is 12.0 Å². The average Bonchev–Trinajstić information content (AvgIpc) is 3.35. The Balaban J connectivity index is 0.00000308. The van der Waals surface area contributed by atoms with Gasteiger partial charge >= 0.3 is 0 Å². The second kappa shape index (κ2) is 23.4. The lowest BCUT2D eigenvalue weighted by atomic mass is 9.60. The standard InChI is InChI=1S/C42H63ClN4O2S2.CH4O/c1-6-9-34-24-37(43)13-14-38(34)36-26-47(41-23-33(28-48)12-15-42(41)49-29-36)27-40-31(3)22-39(40)35(11-7-10-30(2)32(4)51-44-5)25-46-18-8-20-50-21-17-45-16-19-46;1-2/h7,11-15,23-24,28,30-32,35-36,39-40,44-45H,6,8-10,16-22,25-27,29H2,1-5H3;2H,1H3/b11-7+;. The van der Waals surface area contributed by atoms with Crippen LogP contribution in [0.15, 0.2) is 48.6 Å². The summed E-state index contributed by atoms with van der Waals surface area (Å²) in [7, 11) is 3.02. The Kier molecular flexibility index (Phi) is 19.4. The summed E-state index contributed by atoms with van der Waals surface area (Å²) in [4.78, 5) is 17.3. The molecule has 10 heteroatoms. The van der Waals surface area contributed by atoms with Gasteiger partial charge in [0, 0.05) is 73.9 Å². The molecule has 3 aliphatic rings. The van der Waals surface area contributed by atoms with Crippen LogP contribution < -0.4 is 19.7 Å². The number of anilines is 1. The monoisotopic (exact) mass is 786 g/mol. The van der Waals surface area contributed by atoms with E-state index in [1.807, 2.05) is 37.2 Å². The fraction of sp³-hybridized carbons (Fsp3) is 0.651. The molecule has 2 fully saturated rings. The van der Waals surface area contributed by atoms with Crippen molar-refractivity contribution in [1.29, 1.82) is 0 Å². The number of carbonyl (C=O) groups is 1. The van der Waals surface area contributed by atoms with Crippen LogP contribution in [0.1, 0.15) is 80.8 Å². The molecule has 2 heterocycles. The minimum absolute atomic E-state index is 0.207. The molecule has 7 unspecified atom stereocenters. The highest BCUT2D eigenvalue weighted by atomic mass is 35.5. The number of halogens is 1. The number of aldehydes is 1. The zero-order valence-corrected chi connectivity index (χ0v) is 35.6. The third kappa shape index (κ3) is 12.9. The maximum absolute atomic E-state index is 12.0. The van der Waals surface area contributed by atoms with Gasteiger partial charge in [-0.15, -0.1) is 0 Å². The normalized spacial score (nSPS) is 24.4. The number of allylic oxidation sites excluding steroid dienone is 1. The molecule has 1 aliphatic carbocycles. The van der Waals surface area contributed by atoms with E-state index in [2.05, 4.69) is 89.6 Å². The minimum atomic E-state index is 0.207. The van der Waals surface area contributed by atoms with Gasteiger partial charge in [0.2, 0.25) is 0 Å². The van der Waals surface area contributed by atoms with Crippen LogP contribution in [0.2, 0.25) is 5.02 Å². The molecule has 2 aromatic rings. The summed E-state index contributed by atoms with van der Waals surface area (Å²) < 4.78 is 9.87. The maximum atomic E-state index is 12.0. The summed E-state index contributed by atoms with van der Waals surface area (Å²) in [6.45, 7) is 17.4. The number of fused-ring (bicyclic) bond motifs is 1. The number of nitrogens with zero attached hydrogens (tertiary/aromatic N) is 2. The molecule has 3 N–H and O–H groups in total. The zero-order chi connectivity index (χ0) is 38.2. The first-order valence-electron chi connectivity index (χ1n) is 20.0. The topological polar surface area (TPSA) is 77.1 Å². The first kappa shape index (κ1) is 44.0. The number of hydrogen-bond donors (Lipinski definition) is 3. The lowest BCUT2D eigenvalue weighted by Gasteiger charge is -2.50. The number of thioether (sulfide) groups is 1. The van der Waals surface area contributed by atoms with E-state index in [1.165, 1.54) is 42.0 Å². The Bertz CT molecular complexity index is 1410. The summed E-state index contributed by atoms with van der Waals surface area (Å²) in [5.74, 6) is 6.47. The van der Waals surface area contributed by atoms with Crippen molar-refractivity contribution in [3.05, 3.63) is 70.3 Å². The van der Waals surface area contributed by atoms with Crippen LogP contribution in [0.5, 0.6) is 5.75 Å². The summed E-state index contributed by atoms with van der Waals surface area (Å²) in [5, 5.41) is 12.0. The molecule has 0 radical (unpaired) electrons. The molecule has 7 atom stereocenters. The Labute approximate surface area is 334 Å². The van der Waals surface area contributed by atoms with Crippen molar-refractivity contribution in [3.63, 3.8) is 0 Å². The highest BCUT2D eigenvalue weighted by Gasteiger charge is 2.43. The molecular formula is C43H67ClN4O3S2. The maximum Gasteiger partial charge on any atom is 0.150 e. The van der Waals surface area contributed by atoms with Gasteiger partial charge in [-0.3, -0.25) is 9.52 Å². The molecule has 1 saturated heterocycles. The van der Waals surface area contributed by atoms with Crippen molar-refractivity contribution in [3.8, 4) is 5.75 Å². The number of hydrogen-bond acceptors (Lipinski definition) is 9. The van der Waals surface area contributed by atoms with E-state index in [1.54, 1.807) is 0 Å². The van der Waals surface area contributed by atoms with Crippen molar-refractivity contribution in [2.24, 2.45) is 29.6 Å². The molecule has 0 aromatic heterocycles. The minimum Gasteiger partial charge on any atom is -0.491 e. The smallest absolute Gasteiger partial charge is 0.150 e. The number of benzene rings is 2. The van der Waals surface area contributed by atoms with Gasteiger partial charge in [0.15, 0.2) is 0 Å². The highest BCUT2D eigenvalue weighted by molar-refractivity contribution is 7.99. The Morgan fingerprint density at radius 1 is 1.15 bits per heavy atom. The van der Waals surface area contributed by atoms with Gasteiger partial charge in [-0.2, -0.15) is 11.8 Å². The fourth-order valence-corrected chi connectivity index (χ4v) is 10.1. The molecule has 5 rings (SSSR count).